The third-order valence-corrected chi connectivity index (χ3v) is 3.70. The highest BCUT2D eigenvalue weighted by Crippen LogP contribution is 2.34. The van der Waals surface area contributed by atoms with Crippen LogP contribution in [0.5, 0.6) is 5.75 Å². The van der Waals surface area contributed by atoms with E-state index in [1.807, 2.05) is 12.1 Å². The zero-order valence-corrected chi connectivity index (χ0v) is 11.0. The molecule has 3 heteroatoms. The summed E-state index contributed by atoms with van der Waals surface area (Å²) in [5.41, 5.74) is 0.687. The van der Waals surface area contributed by atoms with Gasteiger partial charge in [0, 0.05) is 5.56 Å². The Bertz CT molecular complexity index is 325. The first-order valence-corrected chi connectivity index (χ1v) is 8.38. The van der Waals surface area contributed by atoms with Crippen molar-refractivity contribution in [1.82, 2.24) is 0 Å². The molecule has 0 aliphatic heterocycles. The Morgan fingerprint density at radius 2 is 1.81 bits per heavy atom. The highest BCUT2D eigenvalue weighted by atomic mass is 32.3. The summed E-state index contributed by atoms with van der Waals surface area (Å²) in [4.78, 5) is 10.5. The van der Waals surface area contributed by atoms with Crippen LogP contribution in [0.25, 0.3) is 0 Å². The topological polar surface area (TPSA) is 26.3 Å². The third-order valence-electron chi connectivity index (χ3n) is 2.19. The van der Waals surface area contributed by atoms with Crippen LogP contribution in [0.1, 0.15) is 16.8 Å². The van der Waals surface area contributed by atoms with Crippen LogP contribution in [0.3, 0.4) is 0 Å². The summed E-state index contributed by atoms with van der Waals surface area (Å²) >= 11 is 0. The first-order valence-electron chi connectivity index (χ1n) is 5.35. The molecule has 1 aromatic carbocycles. The number of hydrogen-bond acceptors (Lipinski definition) is 2. The van der Waals surface area contributed by atoms with Crippen LogP contribution in [0.2, 0.25) is 0 Å². The second-order valence-corrected chi connectivity index (χ2v) is 9.27. The van der Waals surface area contributed by atoms with Crippen molar-refractivity contribution in [2.75, 3.05) is 31.1 Å². The van der Waals surface area contributed by atoms with Gasteiger partial charge in [-0.05, 0) is 55.2 Å². The minimum atomic E-state index is -0.416. The molecule has 0 spiro atoms. The molecule has 0 fully saturated rings. The van der Waals surface area contributed by atoms with E-state index in [1.54, 1.807) is 12.1 Å². The molecule has 0 saturated heterocycles. The Morgan fingerprint density at radius 3 is 2.31 bits per heavy atom. The molecule has 1 aromatic rings. The monoisotopic (exact) mass is 240 g/mol. The molecule has 0 aliphatic carbocycles. The SMILES string of the molecule is CS(C)(C)CCCOc1ccc(C=O)cc1. The molecule has 90 valence electrons. The van der Waals surface area contributed by atoms with Gasteiger partial charge in [-0.2, -0.15) is 0 Å². The molecular weight excluding hydrogens is 220 g/mol. The lowest BCUT2D eigenvalue weighted by Crippen LogP contribution is -2.05. The van der Waals surface area contributed by atoms with Gasteiger partial charge in [0.05, 0.1) is 6.61 Å². The molecule has 0 radical (unpaired) electrons. The highest BCUT2D eigenvalue weighted by molar-refractivity contribution is 8.32. The molecule has 0 saturated carbocycles. The van der Waals surface area contributed by atoms with Crippen LogP contribution >= 0.6 is 10.0 Å². The predicted molar refractivity (Wildman–Crippen MR) is 72.2 cm³/mol. The van der Waals surface area contributed by atoms with Gasteiger partial charge in [-0.15, -0.1) is 0 Å². The van der Waals surface area contributed by atoms with E-state index in [4.69, 9.17) is 4.74 Å². The van der Waals surface area contributed by atoms with Crippen molar-refractivity contribution in [1.29, 1.82) is 0 Å². The lowest BCUT2D eigenvalue weighted by Gasteiger charge is -2.24. The molecule has 0 heterocycles. The van der Waals surface area contributed by atoms with Crippen molar-refractivity contribution in [2.45, 2.75) is 6.42 Å². The van der Waals surface area contributed by atoms with Crippen LogP contribution in [0.15, 0.2) is 24.3 Å². The van der Waals surface area contributed by atoms with Crippen molar-refractivity contribution in [3.05, 3.63) is 29.8 Å². The molecule has 0 bridgehead atoms. The van der Waals surface area contributed by atoms with Gasteiger partial charge < -0.3 is 4.74 Å². The molecule has 0 N–H and O–H groups in total. The van der Waals surface area contributed by atoms with E-state index in [1.165, 1.54) is 5.75 Å². The molecule has 0 aromatic heterocycles. The summed E-state index contributed by atoms with van der Waals surface area (Å²) < 4.78 is 5.60. The van der Waals surface area contributed by atoms with Crippen LogP contribution in [0, 0.1) is 0 Å². The molecule has 0 atom stereocenters. The third kappa shape index (κ3) is 5.21. The van der Waals surface area contributed by atoms with Crippen LogP contribution < -0.4 is 4.74 Å². The van der Waals surface area contributed by atoms with Crippen LogP contribution in [0.4, 0.5) is 0 Å². The maximum Gasteiger partial charge on any atom is 0.150 e. The summed E-state index contributed by atoms with van der Waals surface area (Å²) in [5, 5.41) is 0. The summed E-state index contributed by atoms with van der Waals surface area (Å²) in [6, 6.07) is 7.23. The van der Waals surface area contributed by atoms with Gasteiger partial charge in [-0.3, -0.25) is 4.79 Å². The second-order valence-electron chi connectivity index (χ2n) is 4.68. The normalized spacial score (nSPS) is 12.2. The van der Waals surface area contributed by atoms with E-state index < -0.39 is 10.0 Å². The van der Waals surface area contributed by atoms with Gasteiger partial charge in [0.15, 0.2) is 0 Å². The maximum absolute atomic E-state index is 10.5. The van der Waals surface area contributed by atoms with Gasteiger partial charge >= 0.3 is 0 Å². The molecule has 0 aliphatic rings. The van der Waals surface area contributed by atoms with Crippen molar-refractivity contribution in [3.8, 4) is 5.75 Å². The van der Waals surface area contributed by atoms with Crippen molar-refractivity contribution in [3.63, 3.8) is 0 Å². The van der Waals surface area contributed by atoms with Gasteiger partial charge in [-0.25, -0.2) is 10.0 Å². The lowest BCUT2D eigenvalue weighted by atomic mass is 10.2. The second kappa shape index (κ2) is 5.94. The predicted octanol–water partition coefficient (Wildman–Crippen LogP) is 2.96. The first-order chi connectivity index (χ1) is 7.51. The molecule has 1 rings (SSSR count). The number of carbonyl (C=O) groups is 1. The van der Waals surface area contributed by atoms with E-state index in [2.05, 4.69) is 18.8 Å². The molecule has 0 amide bonds. The Balaban J connectivity index is 2.29. The Labute approximate surface area is 99.3 Å². The Hall–Kier alpha value is -0.960. The van der Waals surface area contributed by atoms with E-state index in [0.717, 1.165) is 25.1 Å². The van der Waals surface area contributed by atoms with Gasteiger partial charge in [0.2, 0.25) is 0 Å². The standard InChI is InChI=1S/C13H20O2S/c1-16(2,3)10-4-9-15-13-7-5-12(11-14)6-8-13/h5-8,11H,4,9-10H2,1-3H3. The van der Waals surface area contributed by atoms with Gasteiger partial charge in [-0.1, -0.05) is 0 Å². The number of rotatable bonds is 6. The summed E-state index contributed by atoms with van der Waals surface area (Å²) in [5.74, 6) is 2.08. The van der Waals surface area contributed by atoms with Crippen LogP contribution in [-0.4, -0.2) is 37.4 Å². The lowest BCUT2D eigenvalue weighted by molar-refractivity contribution is 0.112. The van der Waals surface area contributed by atoms with Gasteiger partial charge in [0.25, 0.3) is 0 Å². The number of ether oxygens (including phenoxy) is 1. The fourth-order valence-corrected chi connectivity index (χ4v) is 2.31. The average molecular weight is 240 g/mol. The molecule has 0 unspecified atom stereocenters. The quantitative estimate of drug-likeness (QED) is 0.564. The number of aldehydes is 1. The van der Waals surface area contributed by atoms with E-state index in [9.17, 15) is 4.79 Å². The maximum atomic E-state index is 10.5. The minimum Gasteiger partial charge on any atom is -0.494 e. The fourth-order valence-electron chi connectivity index (χ4n) is 1.32. The minimum absolute atomic E-state index is 0.416. The summed E-state index contributed by atoms with van der Waals surface area (Å²) in [6.45, 7) is 0.755. The van der Waals surface area contributed by atoms with E-state index in [0.29, 0.717) is 5.56 Å². The van der Waals surface area contributed by atoms with Crippen molar-refractivity contribution < 1.29 is 9.53 Å². The largest absolute Gasteiger partial charge is 0.494 e. The fraction of sp³-hybridized carbons (Fsp3) is 0.462. The smallest absolute Gasteiger partial charge is 0.150 e. The first kappa shape index (κ1) is 13.1. The van der Waals surface area contributed by atoms with Gasteiger partial charge in [0.1, 0.15) is 12.0 Å². The van der Waals surface area contributed by atoms with Crippen molar-refractivity contribution >= 4 is 16.3 Å². The van der Waals surface area contributed by atoms with Crippen LogP contribution in [-0.2, 0) is 0 Å². The zero-order chi connectivity index (χ0) is 12.0. The zero-order valence-electron chi connectivity index (χ0n) is 10.2. The molecule has 2 nitrogen and oxygen atoms in total. The summed E-state index contributed by atoms with van der Waals surface area (Å²) in [6.07, 6.45) is 8.87. The average Bonchev–Trinajstić information content (AvgIpc) is 2.24. The van der Waals surface area contributed by atoms with E-state index in [-0.39, 0.29) is 0 Å². The Morgan fingerprint density at radius 1 is 1.19 bits per heavy atom. The Kier molecular flexibility index (Phi) is 4.87. The number of benzene rings is 1. The molecular formula is C13H20O2S. The summed E-state index contributed by atoms with van der Waals surface area (Å²) in [7, 11) is -0.416. The molecule has 16 heavy (non-hydrogen) atoms. The number of carbonyl (C=O) groups excluding carboxylic acids is 1. The highest BCUT2D eigenvalue weighted by Gasteiger charge is 2.03. The number of hydrogen-bond donors (Lipinski definition) is 0. The van der Waals surface area contributed by atoms with E-state index >= 15 is 0 Å². The van der Waals surface area contributed by atoms with Crippen molar-refractivity contribution in [2.24, 2.45) is 0 Å².